The van der Waals surface area contributed by atoms with Gasteiger partial charge in [-0.1, -0.05) is 103 Å². The standard InChI is InChI=1S/C38H81N3O6Si3/c1-10-12-13-14-15-16-19-22-25-31-36(42)39-32-28-26-30-35(37(43)45-11-2)41-38(44)40-33-27-23-20-17-18-21-24-29-34-49(6,7)47-50(8,9)46-48(3,4)5/h35H,10-34H2,1-9H3,(H,39,42)(H2,40,41,44). The molecule has 9 nitrogen and oxygen atoms in total. The highest BCUT2D eigenvalue weighted by Gasteiger charge is 2.37. The summed E-state index contributed by atoms with van der Waals surface area (Å²) in [5.41, 5.74) is 0. The zero-order valence-corrected chi connectivity index (χ0v) is 37.2. The van der Waals surface area contributed by atoms with Crippen molar-refractivity contribution in [1.29, 1.82) is 0 Å². The van der Waals surface area contributed by atoms with Crippen LogP contribution in [0.2, 0.25) is 51.9 Å². The first-order valence-electron chi connectivity index (χ1n) is 20.5. The van der Waals surface area contributed by atoms with Gasteiger partial charge in [-0.25, -0.2) is 9.59 Å². The minimum Gasteiger partial charge on any atom is -0.464 e. The second-order valence-corrected chi connectivity index (χ2v) is 28.9. The molecule has 50 heavy (non-hydrogen) atoms. The topological polar surface area (TPSA) is 115 Å². The second-order valence-electron chi connectivity index (χ2n) is 16.2. The van der Waals surface area contributed by atoms with Crippen molar-refractivity contribution in [2.45, 2.75) is 207 Å². The molecule has 0 aromatic rings. The maximum Gasteiger partial charge on any atom is 0.328 e. The van der Waals surface area contributed by atoms with E-state index in [0.717, 1.165) is 32.1 Å². The van der Waals surface area contributed by atoms with Crippen LogP contribution in [0.3, 0.4) is 0 Å². The monoisotopic (exact) mass is 760 g/mol. The largest absolute Gasteiger partial charge is 0.464 e. The number of hydrogen-bond acceptors (Lipinski definition) is 6. The fourth-order valence-electron chi connectivity index (χ4n) is 6.50. The smallest absolute Gasteiger partial charge is 0.328 e. The SMILES string of the molecule is CCCCCCCCCCCC(=O)NCCCCC(NC(=O)NCCCCCCCCCC[Si](C)(C)O[Si](C)(C)O[Si](C)(C)C)C(=O)OCC. The van der Waals surface area contributed by atoms with Gasteiger partial charge in [0, 0.05) is 19.5 Å². The number of esters is 1. The first-order valence-corrected chi connectivity index (χ1v) is 29.8. The first-order chi connectivity index (χ1) is 23.6. The van der Waals surface area contributed by atoms with Crippen molar-refractivity contribution in [3.05, 3.63) is 0 Å². The number of carbonyl (C=O) groups excluding carboxylic acids is 3. The van der Waals surface area contributed by atoms with E-state index in [1.165, 1.54) is 89.5 Å². The molecule has 3 N–H and O–H groups in total. The zero-order valence-electron chi connectivity index (χ0n) is 34.2. The quantitative estimate of drug-likeness (QED) is 0.0349. The minimum absolute atomic E-state index is 0.101. The summed E-state index contributed by atoms with van der Waals surface area (Å²) in [6, 6.07) is 0.186. The molecule has 3 amide bonds. The van der Waals surface area contributed by atoms with Gasteiger partial charge in [-0.15, -0.1) is 0 Å². The first kappa shape index (κ1) is 48.8. The number of ether oxygens (including phenoxy) is 1. The zero-order chi connectivity index (χ0) is 37.7. The van der Waals surface area contributed by atoms with Crippen LogP contribution in [0.15, 0.2) is 0 Å². The van der Waals surface area contributed by atoms with Gasteiger partial charge in [0.05, 0.1) is 6.61 Å². The molecule has 0 fully saturated rings. The van der Waals surface area contributed by atoms with E-state index in [0.29, 0.717) is 32.4 Å². The van der Waals surface area contributed by atoms with Crippen LogP contribution >= 0.6 is 0 Å². The summed E-state index contributed by atoms with van der Waals surface area (Å²) in [6.07, 6.45) is 23.1. The number of amides is 3. The molecule has 0 aromatic carbocycles. The Balaban J connectivity index is 4.00. The van der Waals surface area contributed by atoms with Gasteiger partial charge in [0.25, 0.3) is 0 Å². The van der Waals surface area contributed by atoms with Crippen molar-refractivity contribution in [1.82, 2.24) is 16.0 Å². The molecular formula is C38H81N3O6Si3. The maximum atomic E-state index is 12.5. The van der Waals surface area contributed by atoms with Crippen molar-refractivity contribution in [2.75, 3.05) is 19.7 Å². The van der Waals surface area contributed by atoms with Crippen LogP contribution in [-0.2, 0) is 22.6 Å². The maximum absolute atomic E-state index is 12.5. The average Bonchev–Trinajstić information content (AvgIpc) is 3.00. The van der Waals surface area contributed by atoms with Crippen molar-refractivity contribution in [3.63, 3.8) is 0 Å². The van der Waals surface area contributed by atoms with Crippen LogP contribution in [0.5, 0.6) is 0 Å². The van der Waals surface area contributed by atoms with Crippen LogP contribution < -0.4 is 16.0 Å². The molecule has 0 spiro atoms. The third kappa shape index (κ3) is 31.5. The van der Waals surface area contributed by atoms with Crippen LogP contribution in [0.25, 0.3) is 0 Å². The molecule has 0 bridgehead atoms. The Bertz CT molecular complexity index is 886. The molecule has 12 heteroatoms. The highest BCUT2D eigenvalue weighted by molar-refractivity contribution is 6.87. The molecule has 1 atom stereocenters. The molecule has 0 aliphatic carbocycles. The summed E-state index contributed by atoms with van der Waals surface area (Å²) in [7, 11) is -5.35. The van der Waals surface area contributed by atoms with Crippen LogP contribution in [0.4, 0.5) is 4.79 Å². The number of rotatable bonds is 33. The summed E-state index contributed by atoms with van der Waals surface area (Å²) < 4.78 is 18.2. The summed E-state index contributed by atoms with van der Waals surface area (Å²) >= 11 is 0. The molecule has 1 unspecified atom stereocenters. The van der Waals surface area contributed by atoms with E-state index in [4.69, 9.17) is 13.0 Å². The highest BCUT2D eigenvalue weighted by Crippen LogP contribution is 2.25. The molecule has 0 saturated heterocycles. The van der Waals surface area contributed by atoms with E-state index in [-0.39, 0.29) is 18.5 Å². The van der Waals surface area contributed by atoms with E-state index in [2.05, 4.69) is 68.7 Å². The molecular weight excluding hydrogens is 679 g/mol. The molecule has 0 radical (unpaired) electrons. The van der Waals surface area contributed by atoms with E-state index < -0.39 is 37.2 Å². The van der Waals surface area contributed by atoms with Crippen molar-refractivity contribution in [2.24, 2.45) is 0 Å². The number of carbonyl (C=O) groups is 3. The fraction of sp³-hybridized carbons (Fsp3) is 0.921. The minimum atomic E-state index is -2.06. The van der Waals surface area contributed by atoms with E-state index in [1.54, 1.807) is 6.92 Å². The lowest BCUT2D eigenvalue weighted by Crippen LogP contribution is -2.51. The molecule has 0 rings (SSSR count). The van der Waals surface area contributed by atoms with Gasteiger partial charge in [0.2, 0.25) is 5.91 Å². The number of nitrogens with one attached hydrogen (secondary N) is 3. The Labute approximate surface area is 311 Å². The van der Waals surface area contributed by atoms with Crippen LogP contribution in [0.1, 0.15) is 149 Å². The van der Waals surface area contributed by atoms with E-state index in [1.807, 2.05) is 0 Å². The number of unbranched alkanes of at least 4 members (excludes halogenated alkanes) is 16. The summed E-state index contributed by atoms with van der Waals surface area (Å²) in [4.78, 5) is 37.1. The van der Waals surface area contributed by atoms with Gasteiger partial charge >= 0.3 is 20.6 Å². The average molecular weight is 760 g/mol. The summed E-state index contributed by atoms with van der Waals surface area (Å²) in [6.45, 7) is 21.3. The van der Waals surface area contributed by atoms with Crippen LogP contribution in [0, 0.1) is 0 Å². The van der Waals surface area contributed by atoms with Gasteiger partial charge in [0.15, 0.2) is 16.6 Å². The second kappa shape index (κ2) is 29.3. The lowest BCUT2D eigenvalue weighted by molar-refractivity contribution is -0.145. The van der Waals surface area contributed by atoms with Crippen molar-refractivity contribution in [3.8, 4) is 0 Å². The number of urea groups is 1. The molecule has 0 aliphatic heterocycles. The van der Waals surface area contributed by atoms with Gasteiger partial charge in [-0.2, -0.15) is 0 Å². The van der Waals surface area contributed by atoms with Gasteiger partial charge in [-0.05, 0) is 90.9 Å². The van der Waals surface area contributed by atoms with E-state index >= 15 is 0 Å². The summed E-state index contributed by atoms with van der Waals surface area (Å²) in [5.74, 6) is -0.305. The van der Waals surface area contributed by atoms with Crippen molar-refractivity contribution < 1.29 is 27.4 Å². The van der Waals surface area contributed by atoms with Gasteiger partial charge in [0.1, 0.15) is 6.04 Å². The Morgan fingerprint density at radius 3 is 1.64 bits per heavy atom. The molecule has 0 aromatic heterocycles. The predicted octanol–water partition coefficient (Wildman–Crippen LogP) is 10.3. The third-order valence-corrected chi connectivity index (χ3v) is 18.8. The number of hydrogen-bond donors (Lipinski definition) is 3. The van der Waals surface area contributed by atoms with E-state index in [9.17, 15) is 14.4 Å². The molecule has 0 saturated carbocycles. The molecule has 296 valence electrons. The Morgan fingerprint density at radius 2 is 1.08 bits per heavy atom. The predicted molar refractivity (Wildman–Crippen MR) is 218 cm³/mol. The Morgan fingerprint density at radius 1 is 0.580 bits per heavy atom. The highest BCUT2D eigenvalue weighted by atomic mass is 28.5. The van der Waals surface area contributed by atoms with Gasteiger partial charge < -0.3 is 28.9 Å². The fourth-order valence-corrected chi connectivity index (χ4v) is 19.8. The molecule has 0 heterocycles. The molecule has 0 aliphatic rings. The Kier molecular flexibility index (Phi) is 28.5. The third-order valence-electron chi connectivity index (χ3n) is 8.69. The Hall–Kier alpha value is -1.22. The van der Waals surface area contributed by atoms with Crippen LogP contribution in [-0.4, -0.2) is 68.8 Å². The normalized spacial score (nSPS) is 12.8. The lowest BCUT2D eigenvalue weighted by Gasteiger charge is -2.37. The summed E-state index contributed by atoms with van der Waals surface area (Å²) in [5, 5.41) is 8.70. The lowest BCUT2D eigenvalue weighted by atomic mass is 10.1. The van der Waals surface area contributed by atoms with Crippen molar-refractivity contribution >= 4 is 43.1 Å². The van der Waals surface area contributed by atoms with Gasteiger partial charge in [-0.3, -0.25) is 4.79 Å².